The number of hydrogen-bond donors (Lipinski definition) is 1. The zero-order chi connectivity index (χ0) is 12.3. The van der Waals surface area contributed by atoms with Gasteiger partial charge in [-0.25, -0.2) is 4.98 Å². The Hall–Kier alpha value is -0.970. The maximum absolute atomic E-state index is 5.80. The van der Waals surface area contributed by atoms with Gasteiger partial charge in [0.05, 0.1) is 16.4 Å². The minimum absolute atomic E-state index is 0.466. The van der Waals surface area contributed by atoms with E-state index in [1.165, 1.54) is 0 Å². The van der Waals surface area contributed by atoms with Crippen LogP contribution < -0.4 is 5.32 Å². The fraction of sp³-hybridized carbons (Fsp3) is 0.333. The molecular formula is C12H14ClN3S. The van der Waals surface area contributed by atoms with E-state index in [0.29, 0.717) is 11.1 Å². The standard InChI is InChI=1S/C12H14ClN3S/c1-8(2)14-6-10-7-17-12(16-10)11-4-3-9(13)5-15-11/h3-5,7-8,14H,6H2,1-2H3. The van der Waals surface area contributed by atoms with E-state index in [2.05, 4.69) is 34.5 Å². The Morgan fingerprint density at radius 2 is 2.24 bits per heavy atom. The normalized spacial score (nSPS) is 11.1. The number of rotatable bonds is 4. The highest BCUT2D eigenvalue weighted by molar-refractivity contribution is 7.13. The van der Waals surface area contributed by atoms with Crippen molar-refractivity contribution in [3.63, 3.8) is 0 Å². The lowest BCUT2D eigenvalue weighted by atomic mass is 10.3. The lowest BCUT2D eigenvalue weighted by Crippen LogP contribution is -2.21. The number of nitrogens with one attached hydrogen (secondary N) is 1. The van der Waals surface area contributed by atoms with Crippen LogP contribution in [-0.2, 0) is 6.54 Å². The van der Waals surface area contributed by atoms with E-state index in [-0.39, 0.29) is 0 Å². The molecule has 2 heterocycles. The van der Waals surface area contributed by atoms with Gasteiger partial charge in [0.25, 0.3) is 0 Å². The summed E-state index contributed by atoms with van der Waals surface area (Å²) in [7, 11) is 0. The SMILES string of the molecule is CC(C)NCc1csc(-c2ccc(Cl)cn2)n1. The third kappa shape index (κ3) is 3.49. The fourth-order valence-electron chi connectivity index (χ4n) is 1.32. The van der Waals surface area contributed by atoms with Crippen molar-refractivity contribution in [1.82, 2.24) is 15.3 Å². The Morgan fingerprint density at radius 1 is 1.41 bits per heavy atom. The summed E-state index contributed by atoms with van der Waals surface area (Å²) in [6.07, 6.45) is 1.64. The molecule has 0 unspecified atom stereocenters. The Bertz CT molecular complexity index is 479. The van der Waals surface area contributed by atoms with Gasteiger partial charge < -0.3 is 5.32 Å². The van der Waals surface area contributed by atoms with Gasteiger partial charge in [-0.05, 0) is 12.1 Å². The number of pyridine rings is 1. The molecule has 5 heteroatoms. The van der Waals surface area contributed by atoms with Gasteiger partial charge in [-0.2, -0.15) is 0 Å². The molecule has 2 rings (SSSR count). The summed E-state index contributed by atoms with van der Waals surface area (Å²) in [4.78, 5) is 8.79. The van der Waals surface area contributed by atoms with Crippen LogP contribution in [0.2, 0.25) is 5.02 Å². The summed E-state index contributed by atoms with van der Waals surface area (Å²) in [5.41, 5.74) is 1.92. The molecule has 3 nitrogen and oxygen atoms in total. The molecular weight excluding hydrogens is 254 g/mol. The Labute approximate surface area is 110 Å². The molecule has 0 aliphatic heterocycles. The average Bonchev–Trinajstić information content (AvgIpc) is 2.76. The van der Waals surface area contributed by atoms with Gasteiger partial charge in [0, 0.05) is 24.2 Å². The third-order valence-electron chi connectivity index (χ3n) is 2.19. The highest BCUT2D eigenvalue weighted by Crippen LogP contribution is 2.22. The van der Waals surface area contributed by atoms with Crippen molar-refractivity contribution in [2.24, 2.45) is 0 Å². The monoisotopic (exact) mass is 267 g/mol. The van der Waals surface area contributed by atoms with Gasteiger partial charge in [-0.15, -0.1) is 11.3 Å². The van der Waals surface area contributed by atoms with Crippen LogP contribution in [0.15, 0.2) is 23.7 Å². The van der Waals surface area contributed by atoms with E-state index >= 15 is 0 Å². The number of thiazole rings is 1. The van der Waals surface area contributed by atoms with Crippen molar-refractivity contribution < 1.29 is 0 Å². The number of aromatic nitrogens is 2. The second kappa shape index (κ2) is 5.58. The van der Waals surface area contributed by atoms with Gasteiger partial charge in [-0.3, -0.25) is 4.98 Å². The first-order chi connectivity index (χ1) is 8.15. The van der Waals surface area contributed by atoms with Gasteiger partial charge in [0.1, 0.15) is 5.01 Å². The molecule has 0 atom stereocenters. The van der Waals surface area contributed by atoms with Gasteiger partial charge in [0.15, 0.2) is 0 Å². The molecule has 0 amide bonds. The molecule has 0 saturated carbocycles. The third-order valence-corrected chi connectivity index (χ3v) is 3.33. The van der Waals surface area contributed by atoms with Crippen LogP contribution in [0, 0.1) is 0 Å². The molecule has 2 aromatic rings. The maximum atomic E-state index is 5.80. The van der Waals surface area contributed by atoms with E-state index in [1.54, 1.807) is 17.5 Å². The molecule has 0 radical (unpaired) electrons. The maximum Gasteiger partial charge on any atom is 0.142 e. The topological polar surface area (TPSA) is 37.8 Å². The zero-order valence-electron chi connectivity index (χ0n) is 9.77. The molecule has 0 saturated heterocycles. The molecule has 1 N–H and O–H groups in total. The minimum atomic E-state index is 0.466. The molecule has 17 heavy (non-hydrogen) atoms. The van der Waals surface area contributed by atoms with Crippen molar-refractivity contribution in [2.45, 2.75) is 26.4 Å². The van der Waals surface area contributed by atoms with Crippen molar-refractivity contribution in [2.75, 3.05) is 0 Å². The lowest BCUT2D eigenvalue weighted by Gasteiger charge is -2.04. The number of hydrogen-bond acceptors (Lipinski definition) is 4. The molecule has 0 aromatic carbocycles. The summed E-state index contributed by atoms with van der Waals surface area (Å²) in [5.74, 6) is 0. The Kier molecular flexibility index (Phi) is 4.10. The second-order valence-corrected chi connectivity index (χ2v) is 5.34. The summed E-state index contributed by atoms with van der Waals surface area (Å²) in [6, 6.07) is 4.19. The van der Waals surface area contributed by atoms with Gasteiger partial charge >= 0.3 is 0 Å². The van der Waals surface area contributed by atoms with Crippen LogP contribution in [0.5, 0.6) is 0 Å². The fourth-order valence-corrected chi connectivity index (χ4v) is 2.22. The molecule has 0 aliphatic rings. The first-order valence-electron chi connectivity index (χ1n) is 5.45. The van der Waals surface area contributed by atoms with Crippen LogP contribution in [0.25, 0.3) is 10.7 Å². The second-order valence-electron chi connectivity index (χ2n) is 4.04. The van der Waals surface area contributed by atoms with Crippen LogP contribution in [-0.4, -0.2) is 16.0 Å². The van der Waals surface area contributed by atoms with Crippen LogP contribution >= 0.6 is 22.9 Å². The van der Waals surface area contributed by atoms with E-state index in [0.717, 1.165) is 22.9 Å². The number of halogens is 1. The molecule has 0 spiro atoms. The summed E-state index contributed by atoms with van der Waals surface area (Å²) < 4.78 is 0. The first kappa shape index (κ1) is 12.5. The molecule has 0 fully saturated rings. The lowest BCUT2D eigenvalue weighted by molar-refractivity contribution is 0.583. The van der Waals surface area contributed by atoms with Crippen molar-refractivity contribution in [1.29, 1.82) is 0 Å². The van der Waals surface area contributed by atoms with Crippen LogP contribution in [0.4, 0.5) is 0 Å². The highest BCUT2D eigenvalue weighted by atomic mass is 35.5. The quantitative estimate of drug-likeness (QED) is 0.923. The van der Waals surface area contributed by atoms with Gasteiger partial charge in [0.2, 0.25) is 0 Å². The summed E-state index contributed by atoms with van der Waals surface area (Å²) >= 11 is 7.40. The minimum Gasteiger partial charge on any atom is -0.309 e. The smallest absolute Gasteiger partial charge is 0.142 e. The van der Waals surface area contributed by atoms with Crippen molar-refractivity contribution >= 4 is 22.9 Å². The molecule has 0 bridgehead atoms. The van der Waals surface area contributed by atoms with E-state index in [4.69, 9.17) is 11.6 Å². The van der Waals surface area contributed by atoms with Crippen LogP contribution in [0.3, 0.4) is 0 Å². The van der Waals surface area contributed by atoms with E-state index in [1.807, 2.05) is 12.1 Å². The summed E-state index contributed by atoms with van der Waals surface area (Å²) in [5, 5.41) is 6.97. The van der Waals surface area contributed by atoms with Crippen LogP contribution in [0.1, 0.15) is 19.5 Å². The Morgan fingerprint density at radius 3 is 2.88 bits per heavy atom. The first-order valence-corrected chi connectivity index (χ1v) is 6.70. The molecule has 0 aliphatic carbocycles. The number of nitrogens with zero attached hydrogens (tertiary/aromatic N) is 2. The highest BCUT2D eigenvalue weighted by Gasteiger charge is 2.06. The van der Waals surface area contributed by atoms with E-state index < -0.39 is 0 Å². The summed E-state index contributed by atoms with van der Waals surface area (Å²) in [6.45, 7) is 5.03. The predicted molar refractivity (Wildman–Crippen MR) is 72.3 cm³/mol. The Balaban J connectivity index is 2.10. The average molecular weight is 268 g/mol. The molecule has 90 valence electrons. The van der Waals surface area contributed by atoms with Gasteiger partial charge in [-0.1, -0.05) is 25.4 Å². The largest absolute Gasteiger partial charge is 0.309 e. The predicted octanol–water partition coefficient (Wildman–Crippen LogP) is 3.36. The van der Waals surface area contributed by atoms with Crippen molar-refractivity contribution in [3.8, 4) is 10.7 Å². The van der Waals surface area contributed by atoms with Crippen molar-refractivity contribution in [3.05, 3.63) is 34.4 Å². The zero-order valence-corrected chi connectivity index (χ0v) is 11.3. The molecule has 2 aromatic heterocycles. The van der Waals surface area contributed by atoms with E-state index in [9.17, 15) is 0 Å².